The van der Waals surface area contributed by atoms with Gasteiger partial charge in [-0.05, 0) is 47.4 Å². The maximum Gasteiger partial charge on any atom is 0.319 e. The Morgan fingerprint density at radius 2 is 1.70 bits per heavy atom. The Bertz CT molecular complexity index is 1050. The van der Waals surface area contributed by atoms with Crippen LogP contribution in [0.25, 0.3) is 11.1 Å². The van der Waals surface area contributed by atoms with E-state index in [4.69, 9.17) is 5.26 Å². The Labute approximate surface area is 174 Å². The van der Waals surface area contributed by atoms with Crippen LogP contribution in [0, 0.1) is 23.0 Å². The Kier molecular flexibility index (Phi) is 6.76. The lowest BCUT2D eigenvalue weighted by atomic mass is 9.94. The van der Waals surface area contributed by atoms with Crippen molar-refractivity contribution >= 4 is 11.7 Å². The number of rotatable bonds is 6. The van der Waals surface area contributed by atoms with E-state index in [9.17, 15) is 13.6 Å². The highest BCUT2D eigenvalue weighted by molar-refractivity contribution is 5.89. The first-order valence-electron chi connectivity index (χ1n) is 9.60. The van der Waals surface area contributed by atoms with Crippen molar-refractivity contribution < 1.29 is 13.6 Å². The van der Waals surface area contributed by atoms with Crippen LogP contribution in [-0.4, -0.2) is 12.6 Å². The summed E-state index contributed by atoms with van der Waals surface area (Å²) in [5.41, 5.74) is 3.70. The summed E-state index contributed by atoms with van der Waals surface area (Å²) in [6.45, 7) is 2.40. The van der Waals surface area contributed by atoms with Gasteiger partial charge >= 0.3 is 6.03 Å². The van der Waals surface area contributed by atoms with Crippen molar-refractivity contribution in [3.63, 3.8) is 0 Å². The topological polar surface area (TPSA) is 64.9 Å². The monoisotopic (exact) mass is 405 g/mol. The van der Waals surface area contributed by atoms with E-state index >= 15 is 0 Å². The second-order valence-corrected chi connectivity index (χ2v) is 6.91. The number of nitriles is 1. The molecule has 3 rings (SSSR count). The van der Waals surface area contributed by atoms with Gasteiger partial charge in [-0.2, -0.15) is 5.26 Å². The van der Waals surface area contributed by atoms with Crippen LogP contribution in [0.3, 0.4) is 0 Å². The summed E-state index contributed by atoms with van der Waals surface area (Å²) in [5.74, 6) is -1.42. The molecule has 6 heteroatoms. The van der Waals surface area contributed by atoms with Gasteiger partial charge < -0.3 is 10.6 Å². The number of hydrogen-bond donors (Lipinski definition) is 2. The number of nitrogens with one attached hydrogen (secondary N) is 2. The molecule has 0 aromatic heterocycles. The van der Waals surface area contributed by atoms with Gasteiger partial charge in [0.15, 0.2) is 0 Å². The quantitative estimate of drug-likeness (QED) is 0.543. The van der Waals surface area contributed by atoms with Crippen LogP contribution in [0.5, 0.6) is 0 Å². The van der Waals surface area contributed by atoms with Gasteiger partial charge in [0.2, 0.25) is 0 Å². The smallest absolute Gasteiger partial charge is 0.319 e. The fourth-order valence-corrected chi connectivity index (χ4v) is 3.23. The van der Waals surface area contributed by atoms with Crippen molar-refractivity contribution in [3.05, 3.63) is 89.5 Å². The maximum absolute atomic E-state index is 13.2. The molecule has 0 heterocycles. The Morgan fingerprint density at radius 1 is 1.00 bits per heavy atom. The molecule has 1 atom stereocenters. The van der Waals surface area contributed by atoms with E-state index < -0.39 is 17.7 Å². The molecule has 3 aromatic rings. The van der Waals surface area contributed by atoms with Crippen molar-refractivity contribution in [2.75, 3.05) is 11.9 Å². The summed E-state index contributed by atoms with van der Waals surface area (Å²) in [6, 6.07) is 19.9. The van der Waals surface area contributed by atoms with E-state index in [1.165, 1.54) is 0 Å². The number of hydrogen-bond acceptors (Lipinski definition) is 2. The number of benzene rings is 3. The first kappa shape index (κ1) is 21.0. The molecule has 152 valence electrons. The number of nitrogens with zero attached hydrogens (tertiary/aromatic N) is 1. The van der Waals surface area contributed by atoms with E-state index in [0.717, 1.165) is 41.3 Å². The molecule has 4 nitrogen and oxygen atoms in total. The second-order valence-electron chi connectivity index (χ2n) is 6.91. The van der Waals surface area contributed by atoms with Crippen LogP contribution < -0.4 is 10.6 Å². The molecule has 1 unspecified atom stereocenters. The van der Waals surface area contributed by atoms with E-state index in [0.29, 0.717) is 12.1 Å². The third-order valence-corrected chi connectivity index (χ3v) is 4.83. The molecule has 2 N–H and O–H groups in total. The van der Waals surface area contributed by atoms with Gasteiger partial charge in [-0.15, -0.1) is 0 Å². The van der Waals surface area contributed by atoms with Gasteiger partial charge in [0.1, 0.15) is 11.6 Å². The minimum absolute atomic E-state index is 0.0574. The van der Waals surface area contributed by atoms with Crippen LogP contribution >= 0.6 is 0 Å². The Morgan fingerprint density at radius 3 is 2.33 bits per heavy atom. The molecule has 0 spiro atoms. The zero-order valence-electron chi connectivity index (χ0n) is 16.5. The highest BCUT2D eigenvalue weighted by Crippen LogP contribution is 2.25. The average Bonchev–Trinajstić information content (AvgIpc) is 2.74. The van der Waals surface area contributed by atoms with Crippen LogP contribution in [0.4, 0.5) is 19.3 Å². The van der Waals surface area contributed by atoms with Crippen LogP contribution in [-0.2, 0) is 0 Å². The molecule has 0 aliphatic carbocycles. The molecule has 0 aliphatic heterocycles. The third kappa shape index (κ3) is 5.42. The van der Waals surface area contributed by atoms with Gasteiger partial charge in [0, 0.05) is 24.2 Å². The summed E-state index contributed by atoms with van der Waals surface area (Å²) in [6.07, 6.45) is 0.804. The first-order chi connectivity index (χ1) is 14.5. The predicted molar refractivity (Wildman–Crippen MR) is 113 cm³/mol. The molecule has 30 heavy (non-hydrogen) atoms. The zero-order valence-corrected chi connectivity index (χ0v) is 16.5. The van der Waals surface area contributed by atoms with Crippen LogP contribution in [0.15, 0.2) is 66.7 Å². The van der Waals surface area contributed by atoms with Gasteiger partial charge in [0.25, 0.3) is 0 Å². The molecule has 0 aliphatic rings. The molecule has 3 aromatic carbocycles. The molecular formula is C24H21F2N3O. The lowest BCUT2D eigenvalue weighted by Crippen LogP contribution is -2.32. The summed E-state index contributed by atoms with van der Waals surface area (Å²) >= 11 is 0. The minimum atomic E-state index is -0.753. The predicted octanol–water partition coefficient (Wildman–Crippen LogP) is 5.82. The number of carbonyl (C=O) groups is 1. The number of halogens is 2. The second kappa shape index (κ2) is 9.66. The van der Waals surface area contributed by atoms with E-state index in [1.54, 1.807) is 6.07 Å². The molecular weight excluding hydrogens is 384 g/mol. The van der Waals surface area contributed by atoms with Crippen molar-refractivity contribution in [2.45, 2.75) is 19.3 Å². The third-order valence-electron chi connectivity index (χ3n) is 4.83. The van der Waals surface area contributed by atoms with E-state index in [1.807, 2.05) is 49.4 Å². The number of urea groups is 1. The summed E-state index contributed by atoms with van der Waals surface area (Å²) in [5, 5.41) is 14.2. The van der Waals surface area contributed by atoms with Crippen molar-refractivity contribution in [1.82, 2.24) is 5.32 Å². The highest BCUT2D eigenvalue weighted by atomic mass is 19.1. The highest BCUT2D eigenvalue weighted by Gasteiger charge is 2.12. The fourth-order valence-electron chi connectivity index (χ4n) is 3.23. The van der Waals surface area contributed by atoms with Gasteiger partial charge in [-0.1, -0.05) is 43.3 Å². The zero-order chi connectivity index (χ0) is 21.5. The minimum Gasteiger partial charge on any atom is -0.337 e. The molecule has 0 radical (unpaired) electrons. The lowest BCUT2D eigenvalue weighted by molar-refractivity contribution is 0.251. The standard InChI is InChI=1S/C24H21F2N3O/c1-2-17(15-28-24(30)29-23-12-21(25)11-22(26)13-23)18-6-8-19(9-7-18)20-5-3-4-16(10-20)14-27/h3-13,17H,2,15H2,1H3,(H2,28,29,30). The number of carbonyl (C=O) groups excluding carboxylic acids is 1. The van der Waals surface area contributed by atoms with Crippen molar-refractivity contribution in [3.8, 4) is 17.2 Å². The molecule has 2 amide bonds. The average molecular weight is 405 g/mol. The van der Waals surface area contributed by atoms with Crippen LogP contribution in [0.2, 0.25) is 0 Å². The van der Waals surface area contributed by atoms with Crippen molar-refractivity contribution in [2.24, 2.45) is 0 Å². The maximum atomic E-state index is 13.2. The van der Waals surface area contributed by atoms with Gasteiger partial charge in [-0.3, -0.25) is 0 Å². The largest absolute Gasteiger partial charge is 0.337 e. The Hall–Kier alpha value is -3.72. The van der Waals surface area contributed by atoms with E-state index in [2.05, 4.69) is 16.7 Å². The number of amides is 2. The first-order valence-corrected chi connectivity index (χ1v) is 9.60. The molecule has 0 saturated carbocycles. The van der Waals surface area contributed by atoms with E-state index in [-0.39, 0.29) is 11.6 Å². The van der Waals surface area contributed by atoms with Crippen LogP contribution in [0.1, 0.15) is 30.4 Å². The molecule has 0 bridgehead atoms. The fraction of sp³-hybridized carbons (Fsp3) is 0.167. The normalized spacial score (nSPS) is 11.4. The molecule has 0 fully saturated rings. The van der Waals surface area contributed by atoms with Gasteiger partial charge in [0.05, 0.1) is 11.6 Å². The molecule has 0 saturated heterocycles. The SMILES string of the molecule is CCC(CNC(=O)Nc1cc(F)cc(F)c1)c1ccc(-c2cccc(C#N)c2)cc1. The van der Waals surface area contributed by atoms with Gasteiger partial charge in [-0.25, -0.2) is 13.6 Å². The summed E-state index contributed by atoms with van der Waals surface area (Å²) in [4.78, 5) is 12.1. The van der Waals surface area contributed by atoms with Crippen molar-refractivity contribution in [1.29, 1.82) is 5.26 Å². The number of anilines is 1. The summed E-state index contributed by atoms with van der Waals surface area (Å²) in [7, 11) is 0. The summed E-state index contributed by atoms with van der Waals surface area (Å²) < 4.78 is 26.5. The lowest BCUT2D eigenvalue weighted by Gasteiger charge is -2.17. The Balaban J connectivity index is 1.62.